The van der Waals surface area contributed by atoms with Gasteiger partial charge in [0.25, 0.3) is 0 Å². The van der Waals surface area contributed by atoms with Crippen molar-refractivity contribution >= 4 is 0 Å². The quantitative estimate of drug-likeness (QED) is 0.644. The van der Waals surface area contributed by atoms with E-state index in [1.54, 1.807) is 0 Å². The Bertz CT molecular complexity index is 290. The van der Waals surface area contributed by atoms with Crippen molar-refractivity contribution in [2.45, 2.75) is 43.3 Å². The van der Waals surface area contributed by atoms with Crippen LogP contribution in [0.2, 0.25) is 0 Å². The average molecular weight is 286 g/mol. The summed E-state index contributed by atoms with van der Waals surface area (Å²) in [6.07, 6.45) is 5.63. The minimum absolute atomic E-state index is 0.0632. The van der Waals surface area contributed by atoms with Gasteiger partial charge in [0, 0.05) is 0 Å². The molecular weight excluding hydrogens is 260 g/mol. The summed E-state index contributed by atoms with van der Waals surface area (Å²) in [5.41, 5.74) is -0.330. The number of hydrogen-bond acceptors (Lipinski definition) is 5. The fourth-order valence-electron chi connectivity index (χ4n) is 4.79. The van der Waals surface area contributed by atoms with E-state index in [4.69, 9.17) is 24.4 Å². The fraction of sp³-hybridized carbons (Fsp3) is 1.00. The van der Waals surface area contributed by atoms with Gasteiger partial charge in [0.1, 0.15) is 0 Å². The van der Waals surface area contributed by atoms with Crippen molar-refractivity contribution in [3.63, 3.8) is 0 Å². The molecular formula is C15H26O5. The van der Waals surface area contributed by atoms with E-state index in [1.165, 1.54) is 6.42 Å². The van der Waals surface area contributed by atoms with Gasteiger partial charge in [-0.2, -0.15) is 0 Å². The fourth-order valence-corrected chi connectivity index (χ4v) is 4.79. The Labute approximate surface area is 120 Å². The molecule has 4 aliphatic rings. The summed E-state index contributed by atoms with van der Waals surface area (Å²) in [5, 5.41) is 17.7. The van der Waals surface area contributed by atoms with Crippen LogP contribution in [0.15, 0.2) is 0 Å². The molecule has 20 heavy (non-hydrogen) atoms. The van der Waals surface area contributed by atoms with Crippen LogP contribution in [0.5, 0.6) is 0 Å². The molecule has 0 unspecified atom stereocenters. The second-order valence-electron chi connectivity index (χ2n) is 6.80. The lowest BCUT2D eigenvalue weighted by atomic mass is 9.58. The molecule has 2 saturated carbocycles. The van der Waals surface area contributed by atoms with Crippen LogP contribution in [0.1, 0.15) is 32.1 Å². The third-order valence-corrected chi connectivity index (χ3v) is 4.94. The number of ether oxygens (including phenoxy) is 3. The molecule has 0 atom stereocenters. The van der Waals surface area contributed by atoms with Gasteiger partial charge in [-0.05, 0) is 43.9 Å². The van der Waals surface area contributed by atoms with Crippen molar-refractivity contribution in [3.05, 3.63) is 0 Å². The van der Waals surface area contributed by atoms with Gasteiger partial charge in [-0.3, -0.25) is 0 Å². The van der Waals surface area contributed by atoms with Crippen LogP contribution in [0, 0.1) is 11.8 Å². The average Bonchev–Trinajstić information content (AvgIpc) is 2.37. The second-order valence-corrected chi connectivity index (χ2v) is 6.80. The molecule has 4 rings (SSSR count). The van der Waals surface area contributed by atoms with E-state index in [2.05, 4.69) is 0 Å². The lowest BCUT2D eigenvalue weighted by Gasteiger charge is -2.61. The maximum Gasteiger partial charge on any atom is 0.0928 e. The molecule has 5 nitrogen and oxygen atoms in total. The highest BCUT2D eigenvalue weighted by molar-refractivity contribution is 5.08. The van der Waals surface area contributed by atoms with Gasteiger partial charge < -0.3 is 24.4 Å². The summed E-state index contributed by atoms with van der Waals surface area (Å²) in [7, 11) is 0. The van der Waals surface area contributed by atoms with Gasteiger partial charge in [0.15, 0.2) is 0 Å². The lowest BCUT2D eigenvalue weighted by molar-refractivity contribution is -0.299. The highest BCUT2D eigenvalue weighted by Crippen LogP contribution is 2.57. The van der Waals surface area contributed by atoms with Crippen molar-refractivity contribution in [2.75, 3.05) is 39.6 Å². The Kier molecular flexibility index (Phi) is 4.34. The molecule has 2 aliphatic carbocycles. The summed E-state index contributed by atoms with van der Waals surface area (Å²) in [6.45, 7) is 2.06. The van der Waals surface area contributed by atoms with E-state index < -0.39 is 0 Å². The second kappa shape index (κ2) is 5.89. The Hall–Kier alpha value is -0.200. The summed E-state index contributed by atoms with van der Waals surface area (Å²) >= 11 is 0. The van der Waals surface area contributed by atoms with E-state index in [0.717, 1.165) is 25.7 Å². The first-order chi connectivity index (χ1) is 9.69. The minimum Gasteiger partial charge on any atom is -0.394 e. The van der Waals surface area contributed by atoms with Gasteiger partial charge in [-0.15, -0.1) is 0 Å². The first kappa shape index (κ1) is 14.7. The molecule has 0 radical (unpaired) electrons. The third-order valence-electron chi connectivity index (χ3n) is 4.94. The highest BCUT2D eigenvalue weighted by atomic mass is 16.6. The molecule has 4 bridgehead atoms. The van der Waals surface area contributed by atoms with Crippen molar-refractivity contribution in [3.8, 4) is 0 Å². The standard InChI is InChI=1S/C15H26O5/c16-1-3-18-10-14-6-12-5-13(7-14)9-15(8-12,20-14)11-19-4-2-17/h12-13,16-17H,1-11H2. The van der Waals surface area contributed by atoms with Crippen molar-refractivity contribution in [1.82, 2.24) is 0 Å². The molecule has 2 N–H and O–H groups in total. The smallest absolute Gasteiger partial charge is 0.0928 e. The molecule has 0 aromatic rings. The molecule has 116 valence electrons. The number of hydrogen-bond donors (Lipinski definition) is 2. The zero-order chi connectivity index (χ0) is 14.1. The van der Waals surface area contributed by atoms with Gasteiger partial charge in [-0.25, -0.2) is 0 Å². The molecule has 0 amide bonds. The molecule has 0 spiro atoms. The minimum atomic E-state index is -0.165. The predicted molar refractivity (Wildman–Crippen MR) is 72.4 cm³/mol. The number of aliphatic hydroxyl groups is 2. The van der Waals surface area contributed by atoms with Crippen molar-refractivity contribution in [1.29, 1.82) is 0 Å². The zero-order valence-corrected chi connectivity index (χ0v) is 12.1. The van der Waals surface area contributed by atoms with E-state index in [1.807, 2.05) is 0 Å². The van der Waals surface area contributed by atoms with Gasteiger partial charge in [-0.1, -0.05) is 0 Å². The molecule has 0 aromatic heterocycles. The highest BCUT2D eigenvalue weighted by Gasteiger charge is 2.58. The van der Waals surface area contributed by atoms with Crippen LogP contribution >= 0.6 is 0 Å². The predicted octanol–water partition coefficient (Wildman–Crippen LogP) is 0.722. The largest absolute Gasteiger partial charge is 0.394 e. The normalized spacial score (nSPS) is 42.3. The topological polar surface area (TPSA) is 68.2 Å². The Balaban J connectivity index is 1.65. The molecule has 2 heterocycles. The van der Waals surface area contributed by atoms with Gasteiger partial charge in [0.2, 0.25) is 0 Å². The Morgan fingerprint density at radius 2 is 1.30 bits per heavy atom. The van der Waals surface area contributed by atoms with Crippen LogP contribution in [0.3, 0.4) is 0 Å². The molecule has 4 fully saturated rings. The van der Waals surface area contributed by atoms with Crippen LogP contribution in [-0.2, 0) is 14.2 Å². The van der Waals surface area contributed by atoms with Crippen molar-refractivity contribution in [2.24, 2.45) is 11.8 Å². The molecule has 2 saturated heterocycles. The molecule has 0 aromatic carbocycles. The lowest BCUT2D eigenvalue weighted by Crippen LogP contribution is -2.64. The maximum absolute atomic E-state index is 8.86. The SMILES string of the molecule is OCCOCC12CC3CC(C1)CC(COCCO)(C3)O2. The first-order valence-corrected chi connectivity index (χ1v) is 7.77. The van der Waals surface area contributed by atoms with Crippen LogP contribution in [0.4, 0.5) is 0 Å². The molecule has 5 heteroatoms. The Morgan fingerprint density at radius 1 is 0.850 bits per heavy atom. The monoisotopic (exact) mass is 286 g/mol. The van der Waals surface area contributed by atoms with E-state index in [0.29, 0.717) is 38.3 Å². The maximum atomic E-state index is 8.86. The number of rotatable bonds is 8. The summed E-state index contributed by atoms with van der Waals surface area (Å²) in [5.74, 6) is 1.43. The summed E-state index contributed by atoms with van der Waals surface area (Å²) in [6, 6.07) is 0. The van der Waals surface area contributed by atoms with Crippen LogP contribution in [-0.4, -0.2) is 61.1 Å². The van der Waals surface area contributed by atoms with E-state index >= 15 is 0 Å². The van der Waals surface area contributed by atoms with Gasteiger partial charge in [0.05, 0.1) is 50.8 Å². The molecule has 2 aliphatic heterocycles. The third kappa shape index (κ3) is 2.88. The summed E-state index contributed by atoms with van der Waals surface area (Å²) in [4.78, 5) is 0. The van der Waals surface area contributed by atoms with Gasteiger partial charge >= 0.3 is 0 Å². The van der Waals surface area contributed by atoms with E-state index in [-0.39, 0.29) is 24.4 Å². The number of aliphatic hydroxyl groups excluding tert-OH is 2. The Morgan fingerprint density at radius 3 is 1.70 bits per heavy atom. The van der Waals surface area contributed by atoms with Crippen LogP contribution < -0.4 is 0 Å². The first-order valence-electron chi connectivity index (χ1n) is 7.77. The van der Waals surface area contributed by atoms with Crippen molar-refractivity contribution < 1.29 is 24.4 Å². The summed E-state index contributed by atoms with van der Waals surface area (Å²) < 4.78 is 17.6. The van der Waals surface area contributed by atoms with Crippen LogP contribution in [0.25, 0.3) is 0 Å². The zero-order valence-electron chi connectivity index (χ0n) is 12.1. The van der Waals surface area contributed by atoms with E-state index in [9.17, 15) is 0 Å².